The van der Waals surface area contributed by atoms with Gasteiger partial charge >= 0.3 is 0 Å². The summed E-state index contributed by atoms with van der Waals surface area (Å²) in [4.78, 5) is 11.9. The maximum Gasteiger partial charge on any atom is 0.224 e. The molecule has 1 amide bonds. The fourth-order valence-corrected chi connectivity index (χ4v) is 2.56. The van der Waals surface area contributed by atoms with Gasteiger partial charge < -0.3 is 5.32 Å². The minimum absolute atomic E-state index is 0.0968. The zero-order valence-electron chi connectivity index (χ0n) is 10.2. The van der Waals surface area contributed by atoms with Crippen LogP contribution in [0.5, 0.6) is 0 Å². The number of alkyl halides is 2. The van der Waals surface area contributed by atoms with Crippen molar-refractivity contribution in [3.63, 3.8) is 0 Å². The molecule has 0 saturated heterocycles. The molecule has 0 heterocycles. The normalized spacial score (nSPS) is 11.3. The lowest BCUT2D eigenvalue weighted by Crippen LogP contribution is -2.51. The second kappa shape index (κ2) is 7.22. The Balaban J connectivity index is 2.66. The van der Waals surface area contributed by atoms with Crippen LogP contribution in [0.15, 0.2) is 24.3 Å². The van der Waals surface area contributed by atoms with E-state index in [-0.39, 0.29) is 12.3 Å². The number of benzene rings is 1. The van der Waals surface area contributed by atoms with E-state index in [4.69, 9.17) is 34.8 Å². The van der Waals surface area contributed by atoms with Crippen LogP contribution >= 0.6 is 34.8 Å². The van der Waals surface area contributed by atoms with Gasteiger partial charge in [0.15, 0.2) is 0 Å². The summed E-state index contributed by atoms with van der Waals surface area (Å²) in [7, 11) is 0. The van der Waals surface area contributed by atoms with Crippen molar-refractivity contribution >= 4 is 40.7 Å². The Kier molecular flexibility index (Phi) is 6.27. The summed E-state index contributed by atoms with van der Waals surface area (Å²) in [5.41, 5.74) is 0.341. The third-order valence-corrected chi connectivity index (χ3v) is 4.10. The van der Waals surface area contributed by atoms with E-state index in [0.29, 0.717) is 23.2 Å². The van der Waals surface area contributed by atoms with Crippen molar-refractivity contribution < 1.29 is 4.79 Å². The summed E-state index contributed by atoms with van der Waals surface area (Å²) in [6, 6.07) is 7.23. The number of amides is 1. The van der Waals surface area contributed by atoms with E-state index in [9.17, 15) is 4.79 Å². The van der Waals surface area contributed by atoms with Gasteiger partial charge in [-0.1, -0.05) is 30.7 Å². The van der Waals surface area contributed by atoms with Crippen LogP contribution in [-0.2, 0) is 11.2 Å². The molecule has 0 radical (unpaired) electrons. The standard InChI is InChI=1S/C13H16Cl3NO/c1-2-13(8-14,9-15)17-12(18)7-10-4-3-5-11(16)6-10/h3-6H,2,7-9H2,1H3,(H,17,18). The second-order valence-electron chi connectivity index (χ2n) is 4.26. The van der Waals surface area contributed by atoms with Crippen LogP contribution in [0.1, 0.15) is 18.9 Å². The van der Waals surface area contributed by atoms with E-state index in [0.717, 1.165) is 5.56 Å². The van der Waals surface area contributed by atoms with Gasteiger partial charge in [-0.3, -0.25) is 4.79 Å². The molecule has 0 aliphatic heterocycles. The van der Waals surface area contributed by atoms with Crippen molar-refractivity contribution in [3.8, 4) is 0 Å². The zero-order chi connectivity index (χ0) is 13.6. The van der Waals surface area contributed by atoms with Crippen LogP contribution in [0.25, 0.3) is 0 Å². The molecule has 1 aromatic rings. The molecule has 2 nitrogen and oxygen atoms in total. The molecule has 18 heavy (non-hydrogen) atoms. The smallest absolute Gasteiger partial charge is 0.224 e. The number of halogens is 3. The van der Waals surface area contributed by atoms with Gasteiger partial charge in [0.1, 0.15) is 0 Å². The summed E-state index contributed by atoms with van der Waals surface area (Å²) >= 11 is 17.6. The molecular weight excluding hydrogens is 293 g/mol. The lowest BCUT2D eigenvalue weighted by molar-refractivity contribution is -0.122. The van der Waals surface area contributed by atoms with Gasteiger partial charge in [0.05, 0.1) is 12.0 Å². The first kappa shape index (κ1) is 15.6. The molecule has 0 bridgehead atoms. The molecule has 0 saturated carbocycles. The van der Waals surface area contributed by atoms with E-state index < -0.39 is 5.54 Å². The molecule has 100 valence electrons. The number of nitrogens with one attached hydrogen (secondary N) is 1. The van der Waals surface area contributed by atoms with Crippen molar-refractivity contribution in [2.45, 2.75) is 25.3 Å². The van der Waals surface area contributed by atoms with Crippen LogP contribution in [0.4, 0.5) is 0 Å². The Hall–Kier alpha value is -0.440. The average Bonchev–Trinajstić information content (AvgIpc) is 2.36. The Morgan fingerprint density at radius 1 is 1.33 bits per heavy atom. The average molecular weight is 309 g/mol. The highest BCUT2D eigenvalue weighted by Crippen LogP contribution is 2.16. The summed E-state index contributed by atoms with van der Waals surface area (Å²) < 4.78 is 0. The maximum absolute atomic E-state index is 11.9. The summed E-state index contributed by atoms with van der Waals surface area (Å²) in [6.07, 6.45) is 0.970. The maximum atomic E-state index is 11.9. The molecule has 0 aliphatic carbocycles. The number of carbonyl (C=O) groups excluding carboxylic acids is 1. The van der Waals surface area contributed by atoms with Crippen molar-refractivity contribution in [2.24, 2.45) is 0 Å². The Bertz CT molecular complexity index is 397. The molecule has 1 aromatic carbocycles. The monoisotopic (exact) mass is 307 g/mol. The van der Waals surface area contributed by atoms with Gasteiger partial charge in [0.2, 0.25) is 5.91 Å². The Morgan fingerprint density at radius 3 is 2.50 bits per heavy atom. The minimum Gasteiger partial charge on any atom is -0.348 e. The van der Waals surface area contributed by atoms with Gasteiger partial charge in [0.25, 0.3) is 0 Å². The highest BCUT2D eigenvalue weighted by molar-refractivity contribution is 6.30. The van der Waals surface area contributed by atoms with Gasteiger partial charge in [0, 0.05) is 16.8 Å². The van der Waals surface area contributed by atoms with Crippen LogP contribution in [-0.4, -0.2) is 23.2 Å². The lowest BCUT2D eigenvalue weighted by atomic mass is 10.0. The predicted octanol–water partition coefficient (Wildman–Crippen LogP) is 3.63. The van der Waals surface area contributed by atoms with Gasteiger partial charge in [-0.2, -0.15) is 0 Å². The second-order valence-corrected chi connectivity index (χ2v) is 5.23. The van der Waals surface area contributed by atoms with Crippen LogP contribution in [0.3, 0.4) is 0 Å². The number of carbonyl (C=O) groups is 1. The number of hydrogen-bond donors (Lipinski definition) is 1. The zero-order valence-corrected chi connectivity index (χ0v) is 12.4. The van der Waals surface area contributed by atoms with E-state index in [2.05, 4.69) is 5.32 Å². The van der Waals surface area contributed by atoms with Gasteiger partial charge in [-0.05, 0) is 24.1 Å². The molecule has 0 unspecified atom stereocenters. The molecule has 0 atom stereocenters. The van der Waals surface area contributed by atoms with Crippen molar-refractivity contribution in [3.05, 3.63) is 34.9 Å². The fraction of sp³-hybridized carbons (Fsp3) is 0.462. The molecule has 1 rings (SSSR count). The fourth-order valence-electron chi connectivity index (χ4n) is 1.55. The highest BCUT2D eigenvalue weighted by atomic mass is 35.5. The van der Waals surface area contributed by atoms with E-state index in [1.54, 1.807) is 12.1 Å². The first-order valence-electron chi connectivity index (χ1n) is 5.72. The van der Waals surface area contributed by atoms with Gasteiger partial charge in [-0.25, -0.2) is 0 Å². The van der Waals surface area contributed by atoms with E-state index in [1.165, 1.54) is 0 Å². The Morgan fingerprint density at radius 2 is 2.00 bits per heavy atom. The quantitative estimate of drug-likeness (QED) is 0.799. The molecule has 1 N–H and O–H groups in total. The summed E-state index contributed by atoms with van der Waals surface area (Å²) in [5.74, 6) is 0.503. The lowest BCUT2D eigenvalue weighted by Gasteiger charge is -2.29. The van der Waals surface area contributed by atoms with E-state index in [1.807, 2.05) is 19.1 Å². The summed E-state index contributed by atoms with van der Waals surface area (Å²) in [5, 5.41) is 3.52. The highest BCUT2D eigenvalue weighted by Gasteiger charge is 2.28. The van der Waals surface area contributed by atoms with E-state index >= 15 is 0 Å². The minimum atomic E-state index is -0.529. The predicted molar refractivity (Wildman–Crippen MR) is 77.8 cm³/mol. The third kappa shape index (κ3) is 4.34. The van der Waals surface area contributed by atoms with Crippen molar-refractivity contribution in [2.75, 3.05) is 11.8 Å². The molecule has 0 spiro atoms. The Labute approximate surface area is 123 Å². The molecule has 0 fully saturated rings. The van der Waals surface area contributed by atoms with Crippen molar-refractivity contribution in [1.82, 2.24) is 5.32 Å². The number of rotatable bonds is 6. The van der Waals surface area contributed by atoms with Crippen LogP contribution in [0, 0.1) is 0 Å². The largest absolute Gasteiger partial charge is 0.348 e. The SMILES string of the molecule is CCC(CCl)(CCl)NC(=O)Cc1cccc(Cl)c1. The molecule has 5 heteroatoms. The molecular formula is C13H16Cl3NO. The number of hydrogen-bond acceptors (Lipinski definition) is 1. The first-order chi connectivity index (χ1) is 8.55. The van der Waals surface area contributed by atoms with Crippen molar-refractivity contribution in [1.29, 1.82) is 0 Å². The third-order valence-electron chi connectivity index (χ3n) is 2.85. The summed E-state index contributed by atoms with van der Waals surface area (Å²) in [6.45, 7) is 1.95. The molecule has 0 aliphatic rings. The molecule has 0 aromatic heterocycles. The van der Waals surface area contributed by atoms with Gasteiger partial charge in [-0.15, -0.1) is 23.2 Å². The topological polar surface area (TPSA) is 29.1 Å². The van der Waals surface area contributed by atoms with Crippen LogP contribution < -0.4 is 5.32 Å². The van der Waals surface area contributed by atoms with Crippen LogP contribution in [0.2, 0.25) is 5.02 Å². The first-order valence-corrected chi connectivity index (χ1v) is 7.17.